The number of aromatic nitrogens is 1. The van der Waals surface area contributed by atoms with Crippen molar-refractivity contribution >= 4 is 39.9 Å². The van der Waals surface area contributed by atoms with Gasteiger partial charge in [-0.2, -0.15) is 0 Å². The van der Waals surface area contributed by atoms with E-state index in [2.05, 4.69) is 4.98 Å². The molecule has 2 aromatic carbocycles. The fourth-order valence-electron chi connectivity index (χ4n) is 2.94. The van der Waals surface area contributed by atoms with E-state index in [-0.39, 0.29) is 16.9 Å². The molecule has 0 bridgehead atoms. The molecule has 8 heteroatoms. The van der Waals surface area contributed by atoms with Gasteiger partial charge in [-0.15, -0.1) is 11.3 Å². The van der Waals surface area contributed by atoms with Crippen LogP contribution in [0.3, 0.4) is 0 Å². The lowest BCUT2D eigenvalue weighted by Crippen LogP contribution is -2.29. The van der Waals surface area contributed by atoms with Gasteiger partial charge in [0.1, 0.15) is 0 Å². The van der Waals surface area contributed by atoms with Crippen LogP contribution in [0.15, 0.2) is 41.8 Å². The Labute approximate surface area is 163 Å². The summed E-state index contributed by atoms with van der Waals surface area (Å²) in [7, 11) is 2.91. The van der Waals surface area contributed by atoms with Crippen molar-refractivity contribution < 1.29 is 19.1 Å². The van der Waals surface area contributed by atoms with Crippen LogP contribution in [0.4, 0.5) is 5.13 Å². The molecule has 27 heavy (non-hydrogen) atoms. The van der Waals surface area contributed by atoms with Gasteiger partial charge in [0.15, 0.2) is 16.6 Å². The molecule has 0 radical (unpaired) electrons. The minimum absolute atomic E-state index is 0.185. The van der Waals surface area contributed by atoms with Crippen LogP contribution in [0.2, 0.25) is 5.02 Å². The van der Waals surface area contributed by atoms with E-state index in [0.717, 1.165) is 10.5 Å². The summed E-state index contributed by atoms with van der Waals surface area (Å²) < 4.78 is 10.5. The minimum Gasteiger partial charge on any atom is -0.493 e. The second-order valence-electron chi connectivity index (χ2n) is 5.69. The first-order valence-electron chi connectivity index (χ1n) is 7.90. The summed E-state index contributed by atoms with van der Waals surface area (Å²) >= 11 is 7.13. The van der Waals surface area contributed by atoms with Gasteiger partial charge >= 0.3 is 0 Å². The zero-order chi connectivity index (χ0) is 19.1. The average molecular weight is 401 g/mol. The molecule has 1 aliphatic heterocycles. The minimum atomic E-state index is -0.484. The highest BCUT2D eigenvalue weighted by molar-refractivity contribution is 7.14. The van der Waals surface area contributed by atoms with Crippen LogP contribution >= 0.6 is 22.9 Å². The number of imide groups is 1. The first-order chi connectivity index (χ1) is 13.0. The molecule has 1 aromatic heterocycles. The quantitative estimate of drug-likeness (QED) is 0.611. The largest absolute Gasteiger partial charge is 0.493 e. The van der Waals surface area contributed by atoms with Crippen molar-refractivity contribution in [3.8, 4) is 22.8 Å². The standard InChI is InChI=1S/C19H13ClN2O4S/c1-25-14-8-7-12-15(16(14)26-2)18(24)22(17(12)23)19-21-13(9-27-19)10-3-5-11(20)6-4-10/h3-9H,1-2H3. The van der Waals surface area contributed by atoms with Crippen molar-refractivity contribution in [1.29, 1.82) is 0 Å². The van der Waals surface area contributed by atoms with E-state index in [4.69, 9.17) is 21.1 Å². The summed E-state index contributed by atoms with van der Waals surface area (Å²) in [5.74, 6) is -0.290. The lowest BCUT2D eigenvalue weighted by molar-refractivity contribution is 0.0925. The van der Waals surface area contributed by atoms with Gasteiger partial charge in [0.05, 0.1) is 31.0 Å². The smallest absolute Gasteiger partial charge is 0.271 e. The molecule has 0 atom stereocenters. The van der Waals surface area contributed by atoms with E-state index >= 15 is 0 Å². The van der Waals surface area contributed by atoms with E-state index in [1.807, 2.05) is 12.1 Å². The van der Waals surface area contributed by atoms with E-state index in [9.17, 15) is 9.59 Å². The molecular weight excluding hydrogens is 388 g/mol. The maximum Gasteiger partial charge on any atom is 0.271 e. The lowest BCUT2D eigenvalue weighted by Gasteiger charge is -2.11. The average Bonchev–Trinajstić information content (AvgIpc) is 3.25. The fraction of sp³-hybridized carbons (Fsp3) is 0.105. The third kappa shape index (κ3) is 2.75. The van der Waals surface area contributed by atoms with Crippen molar-refractivity contribution in [2.45, 2.75) is 0 Å². The van der Waals surface area contributed by atoms with Crippen molar-refractivity contribution in [3.05, 3.63) is 57.9 Å². The summed E-state index contributed by atoms with van der Waals surface area (Å²) in [6.45, 7) is 0. The van der Waals surface area contributed by atoms with E-state index in [1.54, 1.807) is 29.6 Å². The zero-order valence-electron chi connectivity index (χ0n) is 14.4. The van der Waals surface area contributed by atoms with Gasteiger partial charge < -0.3 is 9.47 Å². The maximum absolute atomic E-state index is 13.0. The molecule has 3 aromatic rings. The number of carbonyl (C=O) groups is 2. The molecule has 2 heterocycles. The molecule has 0 saturated carbocycles. The molecule has 0 saturated heterocycles. The molecule has 0 fully saturated rings. The summed E-state index contributed by atoms with van der Waals surface area (Å²) in [6.07, 6.45) is 0. The number of methoxy groups -OCH3 is 2. The number of anilines is 1. The molecule has 2 amide bonds. The van der Waals surface area contributed by atoms with E-state index in [0.29, 0.717) is 21.6 Å². The van der Waals surface area contributed by atoms with Crippen LogP contribution in [0.1, 0.15) is 20.7 Å². The number of rotatable bonds is 4. The van der Waals surface area contributed by atoms with Crippen molar-refractivity contribution in [3.63, 3.8) is 0 Å². The van der Waals surface area contributed by atoms with Crippen LogP contribution in [0, 0.1) is 0 Å². The Morgan fingerprint density at radius 3 is 2.41 bits per heavy atom. The monoisotopic (exact) mass is 400 g/mol. The summed E-state index contributed by atoms with van der Waals surface area (Å²) in [5, 5.41) is 2.71. The van der Waals surface area contributed by atoms with Crippen LogP contribution in [-0.2, 0) is 0 Å². The Balaban J connectivity index is 1.75. The highest BCUT2D eigenvalue weighted by atomic mass is 35.5. The highest BCUT2D eigenvalue weighted by Crippen LogP contribution is 2.41. The first kappa shape index (κ1) is 17.5. The van der Waals surface area contributed by atoms with Gasteiger partial charge in [0, 0.05) is 16.0 Å². The first-order valence-corrected chi connectivity index (χ1v) is 9.16. The number of carbonyl (C=O) groups excluding carboxylic acids is 2. The predicted octanol–water partition coefficient (Wildman–Crippen LogP) is 4.28. The highest BCUT2D eigenvalue weighted by Gasteiger charge is 2.41. The third-order valence-corrected chi connectivity index (χ3v) is 5.30. The second kappa shape index (κ2) is 6.68. The molecule has 0 unspecified atom stereocenters. The van der Waals surface area contributed by atoms with Crippen LogP contribution < -0.4 is 14.4 Å². The van der Waals surface area contributed by atoms with Crippen molar-refractivity contribution in [1.82, 2.24) is 4.98 Å². The van der Waals surface area contributed by atoms with Gasteiger partial charge in [-0.25, -0.2) is 9.88 Å². The number of benzene rings is 2. The molecule has 0 N–H and O–H groups in total. The van der Waals surface area contributed by atoms with Gasteiger partial charge in [0.25, 0.3) is 11.8 Å². The van der Waals surface area contributed by atoms with E-state index in [1.165, 1.54) is 25.6 Å². The number of fused-ring (bicyclic) bond motifs is 1. The maximum atomic E-state index is 13.0. The van der Waals surface area contributed by atoms with Gasteiger partial charge in [0.2, 0.25) is 0 Å². The van der Waals surface area contributed by atoms with Crippen LogP contribution in [0.25, 0.3) is 11.3 Å². The molecule has 0 spiro atoms. The van der Waals surface area contributed by atoms with Crippen molar-refractivity contribution in [2.75, 3.05) is 19.1 Å². The van der Waals surface area contributed by atoms with Gasteiger partial charge in [-0.3, -0.25) is 9.59 Å². The number of halogens is 1. The molecule has 1 aliphatic rings. The second-order valence-corrected chi connectivity index (χ2v) is 6.96. The Bertz CT molecular complexity index is 1060. The topological polar surface area (TPSA) is 68.7 Å². The molecule has 4 rings (SSSR count). The molecule has 6 nitrogen and oxygen atoms in total. The SMILES string of the molecule is COc1ccc2c(c1OC)C(=O)N(c1nc(-c3ccc(Cl)cc3)cs1)C2=O. The fourth-order valence-corrected chi connectivity index (χ4v) is 3.89. The number of nitrogens with zero attached hydrogens (tertiary/aromatic N) is 2. The van der Waals surface area contributed by atoms with Gasteiger partial charge in [-0.05, 0) is 24.3 Å². The zero-order valence-corrected chi connectivity index (χ0v) is 15.9. The van der Waals surface area contributed by atoms with E-state index < -0.39 is 11.8 Å². The Morgan fingerprint density at radius 1 is 1.00 bits per heavy atom. The predicted molar refractivity (Wildman–Crippen MR) is 103 cm³/mol. The number of thiazole rings is 1. The Kier molecular flexibility index (Phi) is 4.33. The van der Waals surface area contributed by atoms with Crippen LogP contribution in [-0.4, -0.2) is 31.0 Å². The number of ether oxygens (including phenoxy) is 2. The van der Waals surface area contributed by atoms with Crippen LogP contribution in [0.5, 0.6) is 11.5 Å². The number of hydrogen-bond acceptors (Lipinski definition) is 6. The third-order valence-electron chi connectivity index (χ3n) is 4.22. The summed E-state index contributed by atoms with van der Waals surface area (Å²) in [5.41, 5.74) is 1.96. The van der Waals surface area contributed by atoms with Crippen molar-refractivity contribution in [2.24, 2.45) is 0 Å². The summed E-state index contributed by atoms with van der Waals surface area (Å²) in [6, 6.07) is 10.3. The lowest BCUT2D eigenvalue weighted by atomic mass is 10.1. The van der Waals surface area contributed by atoms with Gasteiger partial charge in [-0.1, -0.05) is 23.7 Å². The molecule has 136 valence electrons. The molecular formula is C19H13ClN2O4S. The number of hydrogen-bond donors (Lipinski definition) is 0. The number of amides is 2. The summed E-state index contributed by atoms with van der Waals surface area (Å²) in [4.78, 5) is 31.3. The molecule has 0 aliphatic carbocycles. The Morgan fingerprint density at radius 2 is 1.74 bits per heavy atom. The normalized spacial score (nSPS) is 13.1. The Hall–Kier alpha value is -2.90.